The smallest absolute Gasteiger partial charge is 0.333 e. The van der Waals surface area contributed by atoms with Crippen molar-refractivity contribution in [2.24, 2.45) is 5.14 Å². The largest absolute Gasteiger partial charge is 0.398 e. The Balaban J connectivity index is 2.15. The van der Waals surface area contributed by atoms with E-state index in [4.69, 9.17) is 15.6 Å². The number of benzene rings is 2. The third kappa shape index (κ3) is 5.59. The second-order valence-corrected chi connectivity index (χ2v) is 6.34. The Hall–Kier alpha value is -1.97. The van der Waals surface area contributed by atoms with Crippen molar-refractivity contribution in [1.29, 1.82) is 0 Å². The first-order valence-corrected chi connectivity index (χ1v) is 8.74. The second-order valence-electron chi connectivity index (χ2n) is 5.12. The highest BCUT2D eigenvalue weighted by molar-refractivity contribution is 7.84. The van der Waals surface area contributed by atoms with E-state index in [0.717, 1.165) is 0 Å². The molecule has 0 spiro atoms. The average molecular weight is 352 g/mol. The van der Waals surface area contributed by atoms with Crippen LogP contribution in [-0.4, -0.2) is 20.1 Å². The summed E-state index contributed by atoms with van der Waals surface area (Å²) in [7, 11) is -4.04. The highest BCUT2D eigenvalue weighted by atomic mass is 32.2. The van der Waals surface area contributed by atoms with Gasteiger partial charge in [0, 0.05) is 23.2 Å². The SMILES string of the molecule is Nc1ccccc1C(CCOS(N)(=O)=O)OC(O)c1ccccc1. The summed E-state index contributed by atoms with van der Waals surface area (Å²) in [4.78, 5) is 0. The zero-order chi connectivity index (χ0) is 17.6. The fourth-order valence-corrected chi connectivity index (χ4v) is 2.55. The summed E-state index contributed by atoms with van der Waals surface area (Å²) >= 11 is 0. The van der Waals surface area contributed by atoms with Crippen molar-refractivity contribution >= 4 is 16.0 Å². The van der Waals surface area contributed by atoms with Gasteiger partial charge in [-0.05, 0) is 6.07 Å². The van der Waals surface area contributed by atoms with Gasteiger partial charge in [-0.3, -0.25) is 4.18 Å². The molecule has 2 atom stereocenters. The molecule has 0 aliphatic carbocycles. The van der Waals surface area contributed by atoms with E-state index in [0.29, 0.717) is 16.8 Å². The number of ether oxygens (including phenoxy) is 1. The molecule has 2 rings (SSSR count). The van der Waals surface area contributed by atoms with Crippen molar-refractivity contribution < 1.29 is 22.4 Å². The number of hydrogen-bond acceptors (Lipinski definition) is 6. The topological polar surface area (TPSA) is 125 Å². The molecule has 0 aliphatic heterocycles. The maximum Gasteiger partial charge on any atom is 0.333 e. The van der Waals surface area contributed by atoms with Gasteiger partial charge in [0.1, 0.15) is 0 Å². The summed E-state index contributed by atoms with van der Waals surface area (Å²) in [6, 6.07) is 15.8. The summed E-state index contributed by atoms with van der Waals surface area (Å²) in [6.07, 6.45) is -1.71. The van der Waals surface area contributed by atoms with Crippen molar-refractivity contribution in [2.45, 2.75) is 18.8 Å². The van der Waals surface area contributed by atoms with Crippen LogP contribution < -0.4 is 10.9 Å². The van der Waals surface area contributed by atoms with Crippen LogP contribution in [0.1, 0.15) is 29.9 Å². The quantitative estimate of drug-likeness (QED) is 0.490. The summed E-state index contributed by atoms with van der Waals surface area (Å²) in [5.74, 6) is 0. The lowest BCUT2D eigenvalue weighted by atomic mass is 10.0. The van der Waals surface area contributed by atoms with Gasteiger partial charge in [-0.15, -0.1) is 0 Å². The molecule has 0 saturated carbocycles. The van der Waals surface area contributed by atoms with E-state index in [2.05, 4.69) is 4.18 Å². The second kappa shape index (κ2) is 8.22. The predicted molar refractivity (Wildman–Crippen MR) is 89.8 cm³/mol. The predicted octanol–water partition coefficient (Wildman–Crippen LogP) is 1.63. The highest BCUT2D eigenvalue weighted by Gasteiger charge is 2.20. The first-order valence-electron chi connectivity index (χ1n) is 7.27. The van der Waals surface area contributed by atoms with Crippen LogP contribution in [0.2, 0.25) is 0 Å². The fraction of sp³-hybridized carbons (Fsp3) is 0.250. The van der Waals surface area contributed by atoms with E-state index in [1.165, 1.54) is 0 Å². The molecule has 130 valence electrons. The van der Waals surface area contributed by atoms with E-state index in [-0.39, 0.29) is 13.0 Å². The zero-order valence-electron chi connectivity index (χ0n) is 12.9. The van der Waals surface area contributed by atoms with Crippen molar-refractivity contribution in [1.82, 2.24) is 0 Å². The third-order valence-electron chi connectivity index (χ3n) is 3.35. The van der Waals surface area contributed by atoms with Gasteiger partial charge in [0.15, 0.2) is 6.29 Å². The molecular weight excluding hydrogens is 332 g/mol. The number of hydrogen-bond donors (Lipinski definition) is 3. The van der Waals surface area contributed by atoms with Gasteiger partial charge in [-0.1, -0.05) is 48.5 Å². The van der Waals surface area contributed by atoms with Crippen LogP contribution in [0.25, 0.3) is 0 Å². The van der Waals surface area contributed by atoms with Gasteiger partial charge in [0.2, 0.25) is 0 Å². The Morgan fingerprint density at radius 1 is 1.04 bits per heavy atom. The molecule has 0 heterocycles. The van der Waals surface area contributed by atoms with Crippen molar-refractivity contribution in [3.63, 3.8) is 0 Å². The number of aliphatic hydroxyl groups is 1. The number of nitrogens with two attached hydrogens (primary N) is 2. The summed E-state index contributed by atoms with van der Waals surface area (Å²) in [5, 5.41) is 15.1. The lowest BCUT2D eigenvalue weighted by Crippen LogP contribution is -2.19. The maximum atomic E-state index is 10.9. The van der Waals surface area contributed by atoms with Gasteiger partial charge in [0.05, 0.1) is 12.7 Å². The fourth-order valence-electron chi connectivity index (χ4n) is 2.22. The third-order valence-corrected chi connectivity index (χ3v) is 3.84. The molecule has 0 saturated heterocycles. The minimum Gasteiger partial charge on any atom is -0.398 e. The molecular formula is C16H20N2O5S. The first kappa shape index (κ1) is 18.4. The minimum absolute atomic E-state index is 0.147. The molecule has 2 unspecified atom stereocenters. The van der Waals surface area contributed by atoms with Crippen LogP contribution in [-0.2, 0) is 19.2 Å². The molecule has 0 aliphatic rings. The number of anilines is 1. The molecule has 0 fully saturated rings. The average Bonchev–Trinajstić information content (AvgIpc) is 2.54. The van der Waals surface area contributed by atoms with E-state index < -0.39 is 22.7 Å². The monoisotopic (exact) mass is 352 g/mol. The van der Waals surface area contributed by atoms with Crippen molar-refractivity contribution in [2.75, 3.05) is 12.3 Å². The van der Waals surface area contributed by atoms with Gasteiger partial charge < -0.3 is 15.6 Å². The van der Waals surface area contributed by atoms with Crippen molar-refractivity contribution in [3.8, 4) is 0 Å². The van der Waals surface area contributed by atoms with Gasteiger partial charge in [-0.2, -0.15) is 8.42 Å². The van der Waals surface area contributed by atoms with Crippen LogP contribution in [0.15, 0.2) is 54.6 Å². The Kier molecular flexibility index (Phi) is 6.29. The van der Waals surface area contributed by atoms with Crippen molar-refractivity contribution in [3.05, 3.63) is 65.7 Å². The van der Waals surface area contributed by atoms with E-state index in [9.17, 15) is 13.5 Å². The summed E-state index contributed by atoms with van der Waals surface area (Å²) in [5.41, 5.74) is 7.62. The lowest BCUT2D eigenvalue weighted by molar-refractivity contribution is -0.145. The molecule has 0 aromatic heterocycles. The van der Waals surface area contributed by atoms with Gasteiger partial charge in [0.25, 0.3) is 0 Å². The molecule has 7 nitrogen and oxygen atoms in total. The van der Waals surface area contributed by atoms with Crippen LogP contribution in [0.3, 0.4) is 0 Å². The first-order chi connectivity index (χ1) is 11.4. The summed E-state index contributed by atoms with van der Waals surface area (Å²) in [6.45, 7) is -0.195. The zero-order valence-corrected chi connectivity index (χ0v) is 13.7. The molecule has 2 aromatic rings. The standard InChI is InChI=1S/C16H20N2O5S/c17-14-9-5-4-8-13(14)15(10-11-22-24(18,20)21)23-16(19)12-6-2-1-3-7-12/h1-9,15-16,19H,10-11,17H2,(H2,18,20,21). The van der Waals surface area contributed by atoms with Crippen LogP contribution >= 0.6 is 0 Å². The van der Waals surface area contributed by atoms with Crippen LogP contribution in [0.4, 0.5) is 5.69 Å². The Labute approximate surface area is 141 Å². The minimum atomic E-state index is -4.04. The molecule has 2 aromatic carbocycles. The Morgan fingerprint density at radius 3 is 2.29 bits per heavy atom. The van der Waals surface area contributed by atoms with Crippen LogP contribution in [0.5, 0.6) is 0 Å². The van der Waals surface area contributed by atoms with E-state index in [1.807, 2.05) is 6.07 Å². The molecule has 8 heteroatoms. The van der Waals surface area contributed by atoms with Crippen LogP contribution in [0, 0.1) is 0 Å². The maximum absolute atomic E-state index is 10.9. The van der Waals surface area contributed by atoms with Gasteiger partial charge >= 0.3 is 10.3 Å². The number of nitrogen functional groups attached to an aromatic ring is 1. The molecule has 0 radical (unpaired) electrons. The Morgan fingerprint density at radius 2 is 1.67 bits per heavy atom. The molecule has 5 N–H and O–H groups in total. The number of rotatable bonds is 8. The lowest BCUT2D eigenvalue weighted by Gasteiger charge is -2.23. The van der Waals surface area contributed by atoms with Gasteiger partial charge in [-0.25, -0.2) is 5.14 Å². The molecule has 0 amide bonds. The summed E-state index contributed by atoms with van der Waals surface area (Å²) < 4.78 is 32.0. The normalized spacial score (nSPS) is 14.2. The Bertz CT molecular complexity index is 752. The molecule has 0 bridgehead atoms. The molecule has 24 heavy (non-hydrogen) atoms. The number of aliphatic hydroxyl groups excluding tert-OH is 1. The van der Waals surface area contributed by atoms with E-state index >= 15 is 0 Å². The number of para-hydroxylation sites is 1. The highest BCUT2D eigenvalue weighted by Crippen LogP contribution is 2.31. The van der Waals surface area contributed by atoms with E-state index in [1.54, 1.807) is 48.5 Å².